The van der Waals surface area contributed by atoms with E-state index < -0.39 is 5.97 Å². The van der Waals surface area contributed by atoms with Crippen LogP contribution in [0.4, 0.5) is 5.69 Å². The van der Waals surface area contributed by atoms with Gasteiger partial charge < -0.3 is 15.2 Å². The maximum absolute atomic E-state index is 11.6. The number of rotatable bonds is 5. The number of carboxylic acids is 1. The van der Waals surface area contributed by atoms with Crippen molar-refractivity contribution in [1.29, 1.82) is 0 Å². The number of aromatic nitrogens is 1. The predicted molar refractivity (Wildman–Crippen MR) is 98.5 cm³/mol. The molecule has 0 atom stereocenters. The zero-order valence-electron chi connectivity index (χ0n) is 14.4. The van der Waals surface area contributed by atoms with Crippen molar-refractivity contribution in [2.45, 2.75) is 20.5 Å². The molecule has 0 unspecified atom stereocenters. The van der Waals surface area contributed by atoms with Gasteiger partial charge in [0.2, 0.25) is 5.91 Å². The van der Waals surface area contributed by atoms with Crippen LogP contribution in [0.3, 0.4) is 0 Å². The van der Waals surface area contributed by atoms with E-state index in [1.165, 1.54) is 6.92 Å². The number of pyridine rings is 1. The van der Waals surface area contributed by atoms with Crippen molar-refractivity contribution < 1.29 is 19.4 Å². The van der Waals surface area contributed by atoms with Crippen molar-refractivity contribution in [3.63, 3.8) is 0 Å². The fourth-order valence-corrected chi connectivity index (χ4v) is 2.73. The lowest BCUT2D eigenvalue weighted by molar-refractivity contribution is -0.114. The first kappa shape index (κ1) is 17.4. The summed E-state index contributed by atoms with van der Waals surface area (Å²) in [7, 11) is 0. The number of anilines is 1. The minimum absolute atomic E-state index is 0.0689. The summed E-state index contributed by atoms with van der Waals surface area (Å²) in [6, 6.07) is 14.8. The quantitative estimate of drug-likeness (QED) is 0.731. The molecule has 6 nitrogen and oxygen atoms in total. The zero-order valence-corrected chi connectivity index (χ0v) is 14.4. The van der Waals surface area contributed by atoms with Crippen molar-refractivity contribution >= 4 is 28.5 Å². The molecule has 6 heteroatoms. The number of benzene rings is 2. The lowest BCUT2D eigenvalue weighted by Crippen LogP contribution is -2.09. The number of nitrogens with zero attached hydrogens (tertiary/aromatic N) is 1. The van der Waals surface area contributed by atoms with Gasteiger partial charge in [0, 0.05) is 23.6 Å². The van der Waals surface area contributed by atoms with E-state index >= 15 is 0 Å². The van der Waals surface area contributed by atoms with Gasteiger partial charge in [-0.25, -0.2) is 9.78 Å². The molecule has 2 aromatic carbocycles. The monoisotopic (exact) mass is 350 g/mol. The van der Waals surface area contributed by atoms with Crippen LogP contribution in [0.1, 0.15) is 28.5 Å². The molecule has 0 fully saturated rings. The largest absolute Gasteiger partial charge is 0.488 e. The maximum atomic E-state index is 11.6. The highest BCUT2D eigenvalue weighted by Gasteiger charge is 2.18. The molecule has 0 radical (unpaired) electrons. The number of carbonyl (C=O) groups excluding carboxylic acids is 1. The molecule has 1 heterocycles. The van der Waals surface area contributed by atoms with Crippen molar-refractivity contribution in [2.24, 2.45) is 0 Å². The highest BCUT2D eigenvalue weighted by Crippen LogP contribution is 2.32. The third kappa shape index (κ3) is 3.64. The number of ether oxygens (including phenoxy) is 1. The fourth-order valence-electron chi connectivity index (χ4n) is 2.73. The highest BCUT2D eigenvalue weighted by atomic mass is 16.5. The van der Waals surface area contributed by atoms with Gasteiger partial charge >= 0.3 is 5.97 Å². The van der Waals surface area contributed by atoms with Gasteiger partial charge in [0.05, 0.1) is 5.52 Å². The Hall–Kier alpha value is -3.41. The molecule has 132 valence electrons. The topological polar surface area (TPSA) is 88.5 Å². The number of amides is 1. The molecule has 0 bridgehead atoms. The Bertz CT molecular complexity index is 984. The summed E-state index contributed by atoms with van der Waals surface area (Å²) in [6.45, 7) is 3.40. The summed E-state index contributed by atoms with van der Waals surface area (Å²) in [5.74, 6) is -0.861. The summed E-state index contributed by atoms with van der Waals surface area (Å²) in [6.07, 6.45) is 0. The molecule has 0 aliphatic heterocycles. The van der Waals surface area contributed by atoms with Crippen LogP contribution < -0.4 is 10.1 Å². The van der Waals surface area contributed by atoms with E-state index in [1.807, 2.05) is 30.3 Å². The average Bonchev–Trinajstić information content (AvgIpc) is 2.60. The van der Waals surface area contributed by atoms with E-state index in [0.717, 1.165) is 5.56 Å². The Labute approximate surface area is 150 Å². The van der Waals surface area contributed by atoms with Crippen LogP contribution in [0.25, 0.3) is 10.9 Å². The molecule has 1 amide bonds. The van der Waals surface area contributed by atoms with E-state index in [9.17, 15) is 14.7 Å². The summed E-state index contributed by atoms with van der Waals surface area (Å²) < 4.78 is 5.96. The highest BCUT2D eigenvalue weighted by molar-refractivity contribution is 5.98. The maximum Gasteiger partial charge on any atom is 0.354 e. The number of carbonyl (C=O) groups is 2. The van der Waals surface area contributed by atoms with E-state index in [-0.39, 0.29) is 11.6 Å². The molecule has 0 aliphatic rings. The second-order valence-corrected chi connectivity index (χ2v) is 5.91. The molecule has 2 N–H and O–H groups in total. The second kappa shape index (κ2) is 7.23. The van der Waals surface area contributed by atoms with Crippen LogP contribution in [-0.2, 0) is 11.4 Å². The fraction of sp³-hybridized carbons (Fsp3) is 0.150. The molecule has 3 aromatic rings. The van der Waals surface area contributed by atoms with Crippen LogP contribution in [0.2, 0.25) is 0 Å². The van der Waals surface area contributed by atoms with Gasteiger partial charge in [-0.05, 0) is 30.7 Å². The van der Waals surface area contributed by atoms with Crippen LogP contribution in [0.5, 0.6) is 5.75 Å². The summed E-state index contributed by atoms with van der Waals surface area (Å²) >= 11 is 0. The van der Waals surface area contributed by atoms with Gasteiger partial charge in [-0.1, -0.05) is 30.3 Å². The third-order valence-corrected chi connectivity index (χ3v) is 3.92. The SMILES string of the molecule is CC(=O)Nc1ccc2c(OCc3ccccc3)c(C)c(C(=O)O)nc2c1. The summed E-state index contributed by atoms with van der Waals surface area (Å²) in [5.41, 5.74) is 2.37. The predicted octanol–water partition coefficient (Wildman–Crippen LogP) is 3.78. The van der Waals surface area contributed by atoms with Gasteiger partial charge in [-0.2, -0.15) is 0 Å². The average molecular weight is 350 g/mol. The van der Waals surface area contributed by atoms with E-state index in [0.29, 0.717) is 34.5 Å². The van der Waals surface area contributed by atoms with Gasteiger partial charge in [-0.15, -0.1) is 0 Å². The lowest BCUT2D eigenvalue weighted by Gasteiger charge is -2.15. The van der Waals surface area contributed by atoms with Crippen molar-refractivity contribution in [3.8, 4) is 5.75 Å². The van der Waals surface area contributed by atoms with Crippen LogP contribution >= 0.6 is 0 Å². The Balaban J connectivity index is 2.07. The first-order chi connectivity index (χ1) is 12.5. The zero-order chi connectivity index (χ0) is 18.7. The number of hydrogen-bond donors (Lipinski definition) is 2. The van der Waals surface area contributed by atoms with Crippen molar-refractivity contribution in [2.75, 3.05) is 5.32 Å². The van der Waals surface area contributed by atoms with Crippen LogP contribution in [0.15, 0.2) is 48.5 Å². The number of hydrogen-bond acceptors (Lipinski definition) is 4. The molecule has 1 aromatic heterocycles. The molecule has 26 heavy (non-hydrogen) atoms. The Morgan fingerprint density at radius 2 is 1.88 bits per heavy atom. The lowest BCUT2D eigenvalue weighted by atomic mass is 10.1. The molecular weight excluding hydrogens is 332 g/mol. The normalized spacial score (nSPS) is 10.5. The molecule has 3 rings (SSSR count). The summed E-state index contributed by atoms with van der Waals surface area (Å²) in [5, 5.41) is 12.8. The molecule has 0 saturated heterocycles. The number of aromatic carboxylic acids is 1. The van der Waals surface area contributed by atoms with Gasteiger partial charge in [-0.3, -0.25) is 4.79 Å². The number of fused-ring (bicyclic) bond motifs is 1. The second-order valence-electron chi connectivity index (χ2n) is 5.91. The van der Waals surface area contributed by atoms with E-state index in [4.69, 9.17) is 4.74 Å². The van der Waals surface area contributed by atoms with Gasteiger partial charge in [0.1, 0.15) is 12.4 Å². The Kier molecular flexibility index (Phi) is 4.84. The number of carboxylic acid groups (broad SMARTS) is 1. The Morgan fingerprint density at radius 1 is 1.15 bits per heavy atom. The first-order valence-electron chi connectivity index (χ1n) is 8.07. The molecule has 0 saturated carbocycles. The standard InChI is InChI=1S/C20H18N2O4/c1-12-18(20(24)25)22-17-10-15(21-13(2)23)8-9-16(17)19(12)26-11-14-6-4-3-5-7-14/h3-10H,11H2,1-2H3,(H,21,23)(H,24,25). The molecule has 0 aliphatic carbocycles. The third-order valence-electron chi connectivity index (χ3n) is 3.92. The van der Waals surface area contributed by atoms with E-state index in [2.05, 4.69) is 10.3 Å². The summed E-state index contributed by atoms with van der Waals surface area (Å²) in [4.78, 5) is 27.0. The minimum atomic E-state index is -1.13. The first-order valence-corrected chi connectivity index (χ1v) is 8.07. The molecular formula is C20H18N2O4. The van der Waals surface area contributed by atoms with Gasteiger partial charge in [0.25, 0.3) is 0 Å². The number of nitrogens with one attached hydrogen (secondary N) is 1. The van der Waals surface area contributed by atoms with Gasteiger partial charge in [0.15, 0.2) is 5.69 Å². The van der Waals surface area contributed by atoms with E-state index in [1.54, 1.807) is 25.1 Å². The van der Waals surface area contributed by atoms with Crippen LogP contribution in [-0.4, -0.2) is 22.0 Å². The smallest absolute Gasteiger partial charge is 0.354 e. The minimum Gasteiger partial charge on any atom is -0.488 e. The Morgan fingerprint density at radius 3 is 2.54 bits per heavy atom. The van der Waals surface area contributed by atoms with Crippen molar-refractivity contribution in [3.05, 3.63) is 65.4 Å². The van der Waals surface area contributed by atoms with Crippen molar-refractivity contribution in [1.82, 2.24) is 4.98 Å². The van der Waals surface area contributed by atoms with Crippen LogP contribution in [0, 0.1) is 6.92 Å². The molecule has 0 spiro atoms.